The monoisotopic (exact) mass is 513 g/mol. The molecule has 1 fully saturated rings. The van der Waals surface area contributed by atoms with Crippen molar-refractivity contribution in [1.82, 2.24) is 9.88 Å². The lowest BCUT2D eigenvalue weighted by Crippen LogP contribution is -2.40. The van der Waals surface area contributed by atoms with E-state index in [2.05, 4.69) is 9.72 Å². The molecule has 194 valence electrons. The van der Waals surface area contributed by atoms with Crippen molar-refractivity contribution in [2.75, 3.05) is 20.2 Å². The molecule has 9 heteroatoms. The molecule has 0 unspecified atom stereocenters. The van der Waals surface area contributed by atoms with Crippen LogP contribution in [0.5, 0.6) is 11.6 Å². The number of aliphatic hydroxyl groups excluding tert-OH is 1. The van der Waals surface area contributed by atoms with Crippen LogP contribution in [0.4, 0.5) is 10.5 Å². The number of nitrogens with zero attached hydrogens (tertiary/aromatic N) is 2. The molecular formula is C29H27N3O6. The number of carbonyl (C=O) groups is 2. The number of aliphatic hydroxyl groups is 1. The molecular weight excluding hydrogens is 486 g/mol. The van der Waals surface area contributed by atoms with Gasteiger partial charge in [-0.05, 0) is 49.2 Å². The fourth-order valence-corrected chi connectivity index (χ4v) is 4.52. The Hall–Kier alpha value is -4.63. The number of hydrogen-bond donors (Lipinski definition) is 3. The molecule has 3 N–H and O–H groups in total. The summed E-state index contributed by atoms with van der Waals surface area (Å²) in [5, 5.41) is 21.3. The number of likely N-dealkylation sites (tertiary alicyclic amines) is 1. The maximum Gasteiger partial charge on any atom is 0.513 e. The predicted molar refractivity (Wildman–Crippen MR) is 142 cm³/mol. The van der Waals surface area contributed by atoms with Gasteiger partial charge in [0.05, 0.1) is 35.7 Å². The van der Waals surface area contributed by atoms with Gasteiger partial charge in [0.1, 0.15) is 5.75 Å². The number of hydrogen-bond acceptors (Lipinski definition) is 7. The quantitative estimate of drug-likeness (QED) is 0.200. The second-order valence-corrected chi connectivity index (χ2v) is 9.01. The van der Waals surface area contributed by atoms with Crippen LogP contribution < -0.4 is 4.74 Å². The van der Waals surface area contributed by atoms with Crippen LogP contribution in [0.2, 0.25) is 0 Å². The summed E-state index contributed by atoms with van der Waals surface area (Å²) in [5.74, 6) is 0.102. The first-order valence-corrected chi connectivity index (χ1v) is 12.3. The molecule has 1 aromatic heterocycles. The lowest BCUT2D eigenvalue weighted by atomic mass is 10.0. The zero-order valence-corrected chi connectivity index (χ0v) is 20.8. The maximum atomic E-state index is 12.9. The van der Waals surface area contributed by atoms with Crippen LogP contribution in [0.15, 0.2) is 77.8 Å². The number of piperidine rings is 1. The molecule has 1 amide bonds. The Kier molecular flexibility index (Phi) is 7.10. The van der Waals surface area contributed by atoms with Crippen molar-refractivity contribution >= 4 is 34.4 Å². The topological polar surface area (TPSA) is 124 Å². The van der Waals surface area contributed by atoms with Crippen LogP contribution in [0.3, 0.4) is 0 Å². The number of fused-ring (bicyclic) bond motifs is 1. The third kappa shape index (κ3) is 5.23. The molecule has 3 aromatic carbocycles. The van der Waals surface area contributed by atoms with E-state index in [4.69, 9.17) is 9.73 Å². The molecule has 0 atom stereocenters. The Balaban J connectivity index is 1.50. The molecule has 5 rings (SSSR count). The van der Waals surface area contributed by atoms with E-state index in [1.54, 1.807) is 47.4 Å². The summed E-state index contributed by atoms with van der Waals surface area (Å²) in [6.45, 7) is 1.06. The number of aromatic amines is 1. The van der Waals surface area contributed by atoms with E-state index in [0.717, 1.165) is 5.56 Å². The summed E-state index contributed by atoms with van der Waals surface area (Å²) in [6.07, 6.45) is -0.0236. The molecule has 38 heavy (non-hydrogen) atoms. The summed E-state index contributed by atoms with van der Waals surface area (Å²) in [6, 6.07) is 21.4. The number of carbonyl (C=O) groups excluding carboxylic acids is 2. The number of methoxy groups -OCH3 is 1. The third-order valence-corrected chi connectivity index (χ3v) is 6.51. The van der Waals surface area contributed by atoms with Crippen molar-refractivity contribution in [2.45, 2.75) is 18.9 Å². The van der Waals surface area contributed by atoms with Gasteiger partial charge in [-0.3, -0.25) is 4.79 Å². The first-order chi connectivity index (χ1) is 18.4. The molecule has 1 aliphatic heterocycles. The normalized spacial score (nSPS) is 14.5. The van der Waals surface area contributed by atoms with Crippen molar-refractivity contribution in [3.8, 4) is 11.6 Å². The molecule has 2 heterocycles. The summed E-state index contributed by atoms with van der Waals surface area (Å²) in [7, 11) is 1.23. The molecule has 1 aliphatic rings. The van der Waals surface area contributed by atoms with Gasteiger partial charge in [0, 0.05) is 35.7 Å². The Labute approximate surface area is 219 Å². The minimum atomic E-state index is -0.841. The summed E-state index contributed by atoms with van der Waals surface area (Å²) >= 11 is 0. The summed E-state index contributed by atoms with van der Waals surface area (Å²) in [4.78, 5) is 33.9. The Morgan fingerprint density at radius 3 is 2.37 bits per heavy atom. The Morgan fingerprint density at radius 1 is 0.974 bits per heavy atom. The first-order valence-electron chi connectivity index (χ1n) is 12.3. The van der Waals surface area contributed by atoms with E-state index in [-0.39, 0.29) is 23.6 Å². The van der Waals surface area contributed by atoms with Gasteiger partial charge in [-0.2, -0.15) is 0 Å². The van der Waals surface area contributed by atoms with E-state index in [1.807, 2.05) is 30.3 Å². The minimum absolute atomic E-state index is 0.0741. The van der Waals surface area contributed by atoms with Gasteiger partial charge in [-0.15, -0.1) is 0 Å². The fourth-order valence-electron chi connectivity index (χ4n) is 4.52. The van der Waals surface area contributed by atoms with Crippen molar-refractivity contribution in [1.29, 1.82) is 0 Å². The Morgan fingerprint density at radius 2 is 1.68 bits per heavy atom. The van der Waals surface area contributed by atoms with Crippen molar-refractivity contribution in [3.63, 3.8) is 0 Å². The van der Waals surface area contributed by atoms with E-state index >= 15 is 0 Å². The molecule has 0 bridgehead atoms. The Bertz CT molecular complexity index is 1490. The standard InChI is InChI=1S/C29H27N3O6/c1-37-29(36)38-22-11-12-23-24(17-22)31-27(34)25(23)26(18-5-3-2-4-6-18)30-20-9-7-19(8-10-20)28(35)32-15-13-21(33)14-16-32/h2-12,17,21,31,33-34H,13-16H2,1H3. The summed E-state index contributed by atoms with van der Waals surface area (Å²) in [5.41, 5.74) is 3.51. The predicted octanol–water partition coefficient (Wildman–Crippen LogP) is 4.78. The van der Waals surface area contributed by atoms with Gasteiger partial charge in [-0.25, -0.2) is 9.79 Å². The highest BCUT2D eigenvalue weighted by Crippen LogP contribution is 2.33. The van der Waals surface area contributed by atoms with Crippen LogP contribution in [-0.4, -0.2) is 64.2 Å². The molecule has 4 aromatic rings. The number of rotatable bonds is 5. The fraction of sp³-hybridized carbons (Fsp3) is 0.207. The van der Waals surface area contributed by atoms with E-state index in [0.29, 0.717) is 59.4 Å². The molecule has 1 saturated heterocycles. The van der Waals surface area contributed by atoms with E-state index in [1.165, 1.54) is 7.11 Å². The van der Waals surface area contributed by atoms with Crippen LogP contribution >= 0.6 is 0 Å². The second-order valence-electron chi connectivity index (χ2n) is 9.01. The number of aromatic hydroxyl groups is 1. The van der Waals surface area contributed by atoms with Crippen LogP contribution in [-0.2, 0) is 4.74 Å². The molecule has 0 aliphatic carbocycles. The second kappa shape index (κ2) is 10.8. The SMILES string of the molecule is COC(=O)Oc1ccc2c(C(=Nc3ccc(C(=O)N4CCC(O)CC4)cc3)c3ccccc3)c(O)[nH]c2c1. The number of aromatic nitrogens is 1. The number of nitrogens with one attached hydrogen (secondary N) is 1. The van der Waals surface area contributed by atoms with E-state index in [9.17, 15) is 19.8 Å². The summed E-state index contributed by atoms with van der Waals surface area (Å²) < 4.78 is 9.65. The van der Waals surface area contributed by atoms with Gasteiger partial charge >= 0.3 is 6.16 Å². The number of H-pyrrole nitrogens is 1. The molecule has 0 radical (unpaired) electrons. The van der Waals surface area contributed by atoms with Crippen molar-refractivity contribution in [3.05, 3.63) is 89.5 Å². The highest BCUT2D eigenvalue weighted by Gasteiger charge is 2.23. The van der Waals surface area contributed by atoms with E-state index < -0.39 is 6.16 Å². The first kappa shape index (κ1) is 25.0. The van der Waals surface area contributed by atoms with Gasteiger partial charge in [0.25, 0.3) is 5.91 Å². The number of benzene rings is 3. The zero-order valence-electron chi connectivity index (χ0n) is 20.8. The lowest BCUT2D eigenvalue weighted by molar-refractivity contribution is 0.0546. The minimum Gasteiger partial charge on any atom is -0.494 e. The number of ether oxygens (including phenoxy) is 2. The highest BCUT2D eigenvalue weighted by molar-refractivity contribution is 6.22. The van der Waals surface area contributed by atoms with Crippen molar-refractivity contribution in [2.24, 2.45) is 4.99 Å². The highest BCUT2D eigenvalue weighted by atomic mass is 16.7. The molecule has 0 spiro atoms. The van der Waals surface area contributed by atoms with Gasteiger partial charge in [0.2, 0.25) is 0 Å². The van der Waals surface area contributed by atoms with Gasteiger partial charge in [-0.1, -0.05) is 30.3 Å². The number of aliphatic imine (C=N–C) groups is 1. The average molecular weight is 514 g/mol. The van der Waals surface area contributed by atoms with Crippen LogP contribution in [0.25, 0.3) is 10.9 Å². The average Bonchev–Trinajstić information content (AvgIpc) is 3.27. The smallest absolute Gasteiger partial charge is 0.494 e. The van der Waals surface area contributed by atoms with Gasteiger partial charge < -0.3 is 29.6 Å². The maximum absolute atomic E-state index is 12.9. The number of amides is 1. The van der Waals surface area contributed by atoms with Crippen LogP contribution in [0, 0.1) is 0 Å². The lowest BCUT2D eigenvalue weighted by Gasteiger charge is -2.29. The molecule has 0 saturated carbocycles. The largest absolute Gasteiger partial charge is 0.513 e. The van der Waals surface area contributed by atoms with Gasteiger partial charge in [0.15, 0.2) is 5.88 Å². The molecule has 9 nitrogen and oxygen atoms in total. The van der Waals surface area contributed by atoms with Crippen LogP contribution in [0.1, 0.15) is 34.3 Å². The van der Waals surface area contributed by atoms with Crippen molar-refractivity contribution < 1.29 is 29.3 Å². The third-order valence-electron chi connectivity index (χ3n) is 6.51. The zero-order chi connectivity index (χ0) is 26.6.